The Bertz CT molecular complexity index is 836. The van der Waals surface area contributed by atoms with Crippen molar-refractivity contribution < 1.29 is 18.7 Å². The van der Waals surface area contributed by atoms with Crippen LogP contribution in [0.15, 0.2) is 21.6 Å². The molecule has 0 aliphatic carbocycles. The number of aliphatic imine (C=N–C) groups is 1. The summed E-state index contributed by atoms with van der Waals surface area (Å²) < 4.78 is 21.3. The Kier molecular flexibility index (Phi) is 7.34. The Hall–Kier alpha value is -3.01. The number of hydrogen-bond donors (Lipinski definition) is 1. The van der Waals surface area contributed by atoms with Crippen molar-refractivity contribution in [3.05, 3.63) is 29.4 Å². The minimum Gasteiger partial charge on any atom is -0.493 e. The lowest BCUT2D eigenvalue weighted by atomic mass is 10.1. The molecular weight excluding hydrogens is 388 g/mol. The number of methoxy groups -OCH3 is 3. The maximum atomic E-state index is 5.46. The Balaban J connectivity index is 1.56. The van der Waals surface area contributed by atoms with Crippen LogP contribution in [0.25, 0.3) is 0 Å². The first kappa shape index (κ1) is 21.7. The zero-order valence-corrected chi connectivity index (χ0v) is 18.3. The number of benzene rings is 1. The molecule has 1 N–H and O–H groups in total. The van der Waals surface area contributed by atoms with Crippen molar-refractivity contribution in [3.63, 3.8) is 0 Å². The summed E-state index contributed by atoms with van der Waals surface area (Å²) in [6, 6.07) is 4.00. The van der Waals surface area contributed by atoms with Crippen LogP contribution in [0.4, 0.5) is 0 Å². The molecule has 3 rings (SSSR count). The number of piperazine rings is 1. The van der Waals surface area contributed by atoms with Gasteiger partial charge in [-0.2, -0.15) is 4.98 Å². The lowest BCUT2D eigenvalue weighted by Crippen LogP contribution is -2.52. The van der Waals surface area contributed by atoms with Gasteiger partial charge in [0.05, 0.1) is 27.9 Å². The number of rotatable bonds is 7. The van der Waals surface area contributed by atoms with Crippen LogP contribution in [0, 0.1) is 6.92 Å². The van der Waals surface area contributed by atoms with Crippen LogP contribution >= 0.6 is 0 Å². The average Bonchev–Trinajstić information content (AvgIpc) is 3.19. The summed E-state index contributed by atoms with van der Waals surface area (Å²) in [6.07, 6.45) is 0. The van der Waals surface area contributed by atoms with Gasteiger partial charge < -0.3 is 29.0 Å². The molecule has 1 aromatic carbocycles. The van der Waals surface area contributed by atoms with Gasteiger partial charge in [0.2, 0.25) is 11.6 Å². The molecule has 0 unspecified atom stereocenters. The molecule has 10 heteroatoms. The molecule has 0 amide bonds. The number of nitrogens with zero attached hydrogens (tertiary/aromatic N) is 5. The topological polar surface area (TPSA) is 97.5 Å². The molecule has 164 valence electrons. The van der Waals surface area contributed by atoms with E-state index in [4.69, 9.17) is 18.7 Å². The maximum Gasteiger partial charge on any atom is 0.223 e. The lowest BCUT2D eigenvalue weighted by Gasteiger charge is -2.36. The third-order valence-corrected chi connectivity index (χ3v) is 4.99. The third-order valence-electron chi connectivity index (χ3n) is 4.99. The van der Waals surface area contributed by atoms with Crippen LogP contribution in [0.1, 0.15) is 17.3 Å². The van der Waals surface area contributed by atoms with E-state index in [0.717, 1.165) is 44.2 Å². The molecule has 0 spiro atoms. The highest BCUT2D eigenvalue weighted by Gasteiger charge is 2.21. The molecule has 0 saturated carbocycles. The molecule has 2 heterocycles. The van der Waals surface area contributed by atoms with Crippen molar-refractivity contribution >= 4 is 5.96 Å². The first-order valence-electron chi connectivity index (χ1n) is 9.84. The van der Waals surface area contributed by atoms with Crippen molar-refractivity contribution in [1.29, 1.82) is 0 Å². The second-order valence-electron chi connectivity index (χ2n) is 6.93. The Morgan fingerprint density at radius 1 is 1.10 bits per heavy atom. The van der Waals surface area contributed by atoms with Gasteiger partial charge in [-0.25, -0.2) is 0 Å². The summed E-state index contributed by atoms with van der Waals surface area (Å²) in [5, 5.41) is 7.21. The van der Waals surface area contributed by atoms with Gasteiger partial charge in [0.1, 0.15) is 0 Å². The van der Waals surface area contributed by atoms with Crippen LogP contribution in [0.2, 0.25) is 0 Å². The van der Waals surface area contributed by atoms with Crippen molar-refractivity contribution in [1.82, 2.24) is 25.3 Å². The van der Waals surface area contributed by atoms with Crippen LogP contribution in [-0.2, 0) is 13.1 Å². The molecule has 1 fully saturated rings. The van der Waals surface area contributed by atoms with Gasteiger partial charge in [-0.15, -0.1) is 0 Å². The van der Waals surface area contributed by atoms with E-state index in [2.05, 4.69) is 30.2 Å². The van der Waals surface area contributed by atoms with E-state index >= 15 is 0 Å². The summed E-state index contributed by atoms with van der Waals surface area (Å²) in [7, 11) is 6.66. The van der Waals surface area contributed by atoms with Crippen LogP contribution in [0.3, 0.4) is 0 Å². The molecule has 0 radical (unpaired) electrons. The van der Waals surface area contributed by atoms with E-state index in [1.54, 1.807) is 35.3 Å². The van der Waals surface area contributed by atoms with Crippen molar-refractivity contribution in [3.8, 4) is 17.2 Å². The van der Waals surface area contributed by atoms with E-state index in [9.17, 15) is 0 Å². The van der Waals surface area contributed by atoms with Crippen LogP contribution in [0.5, 0.6) is 17.2 Å². The predicted octanol–water partition coefficient (Wildman–Crippen LogP) is 1.30. The van der Waals surface area contributed by atoms with Crippen LogP contribution < -0.4 is 19.5 Å². The van der Waals surface area contributed by atoms with Crippen LogP contribution in [-0.4, -0.2) is 80.5 Å². The number of aromatic nitrogens is 2. The van der Waals surface area contributed by atoms with Gasteiger partial charge in [0, 0.05) is 46.7 Å². The summed E-state index contributed by atoms with van der Waals surface area (Å²) >= 11 is 0. The standard InChI is InChI=1S/C20H30N6O4/c1-14-23-18(24-30-14)12-22-20(21-2)26-8-6-25(7-9-26)13-15-10-16(27-3)19(29-5)17(11-15)28-4/h10-11H,6-9,12-13H2,1-5H3,(H,21,22). The first-order chi connectivity index (χ1) is 14.6. The number of ether oxygens (including phenoxy) is 3. The van der Waals surface area contributed by atoms with Gasteiger partial charge in [-0.3, -0.25) is 9.89 Å². The summed E-state index contributed by atoms with van der Waals surface area (Å²) in [6.45, 7) is 6.63. The fraction of sp³-hybridized carbons (Fsp3) is 0.550. The van der Waals surface area contributed by atoms with Crippen molar-refractivity contribution in [2.75, 3.05) is 54.6 Å². The predicted molar refractivity (Wildman–Crippen MR) is 112 cm³/mol. The Morgan fingerprint density at radius 2 is 1.77 bits per heavy atom. The molecule has 30 heavy (non-hydrogen) atoms. The zero-order valence-electron chi connectivity index (χ0n) is 18.3. The molecule has 1 saturated heterocycles. The normalized spacial score (nSPS) is 15.2. The number of hydrogen-bond acceptors (Lipinski definition) is 8. The fourth-order valence-corrected chi connectivity index (χ4v) is 3.51. The monoisotopic (exact) mass is 418 g/mol. The highest BCUT2D eigenvalue weighted by atomic mass is 16.5. The average molecular weight is 418 g/mol. The summed E-state index contributed by atoms with van der Waals surface area (Å²) in [5.74, 6) is 3.97. The second-order valence-corrected chi connectivity index (χ2v) is 6.93. The molecule has 1 aliphatic heterocycles. The quantitative estimate of drug-likeness (QED) is 0.527. The molecule has 10 nitrogen and oxygen atoms in total. The highest BCUT2D eigenvalue weighted by Crippen LogP contribution is 2.38. The van der Waals surface area contributed by atoms with Crippen molar-refractivity contribution in [2.45, 2.75) is 20.0 Å². The number of nitrogens with one attached hydrogen (secondary N) is 1. The third kappa shape index (κ3) is 5.12. The van der Waals surface area contributed by atoms with Gasteiger partial charge in [0.25, 0.3) is 0 Å². The molecule has 0 atom stereocenters. The van der Waals surface area contributed by atoms with E-state index in [1.165, 1.54) is 0 Å². The Labute approximate surface area is 176 Å². The van der Waals surface area contributed by atoms with E-state index < -0.39 is 0 Å². The van der Waals surface area contributed by atoms with Gasteiger partial charge >= 0.3 is 0 Å². The zero-order chi connectivity index (χ0) is 21.5. The largest absolute Gasteiger partial charge is 0.493 e. The van der Waals surface area contributed by atoms with Crippen molar-refractivity contribution in [2.24, 2.45) is 4.99 Å². The first-order valence-corrected chi connectivity index (χ1v) is 9.84. The molecule has 1 aliphatic rings. The Morgan fingerprint density at radius 3 is 2.27 bits per heavy atom. The minimum atomic E-state index is 0.482. The minimum absolute atomic E-state index is 0.482. The number of aryl methyl sites for hydroxylation is 1. The second kappa shape index (κ2) is 10.1. The highest BCUT2D eigenvalue weighted by molar-refractivity contribution is 5.79. The number of guanidine groups is 1. The van der Waals surface area contributed by atoms with Gasteiger partial charge in [-0.1, -0.05) is 5.16 Å². The van der Waals surface area contributed by atoms with E-state index in [1.807, 2.05) is 12.1 Å². The fourth-order valence-electron chi connectivity index (χ4n) is 3.51. The summed E-state index contributed by atoms with van der Waals surface area (Å²) in [4.78, 5) is 13.2. The van der Waals surface area contributed by atoms with E-state index in [0.29, 0.717) is 35.5 Å². The lowest BCUT2D eigenvalue weighted by molar-refractivity contribution is 0.172. The van der Waals surface area contributed by atoms with Gasteiger partial charge in [0.15, 0.2) is 23.3 Å². The molecule has 0 bridgehead atoms. The van der Waals surface area contributed by atoms with Gasteiger partial charge in [-0.05, 0) is 17.7 Å². The SMILES string of the molecule is CN=C(NCc1noc(C)n1)N1CCN(Cc2cc(OC)c(OC)c(OC)c2)CC1. The maximum absolute atomic E-state index is 5.46. The molecule has 2 aromatic rings. The molecular formula is C20H30N6O4. The smallest absolute Gasteiger partial charge is 0.223 e. The summed E-state index contributed by atoms with van der Waals surface area (Å²) in [5.41, 5.74) is 1.12. The molecule has 1 aromatic heterocycles. The van der Waals surface area contributed by atoms with E-state index in [-0.39, 0.29) is 0 Å².